The number of likely N-dealkylation sites (tertiary alicyclic amines) is 1. The summed E-state index contributed by atoms with van der Waals surface area (Å²) in [6.45, 7) is 3.22. The highest BCUT2D eigenvalue weighted by Crippen LogP contribution is 2.30. The van der Waals surface area contributed by atoms with E-state index in [0.29, 0.717) is 25.9 Å². The molecule has 0 radical (unpaired) electrons. The third-order valence-electron chi connectivity index (χ3n) is 4.84. The predicted octanol–water partition coefficient (Wildman–Crippen LogP) is 3.39. The van der Waals surface area contributed by atoms with Crippen molar-refractivity contribution in [2.45, 2.75) is 63.9 Å². The van der Waals surface area contributed by atoms with Crippen LogP contribution in [-0.4, -0.2) is 34.6 Å². The number of carbonyl (C=O) groups is 1. The van der Waals surface area contributed by atoms with Gasteiger partial charge in [-0.2, -0.15) is 0 Å². The Morgan fingerprint density at radius 2 is 1.86 bits per heavy atom. The van der Waals surface area contributed by atoms with Crippen molar-refractivity contribution < 1.29 is 9.90 Å². The number of piperidine rings is 1. The highest BCUT2D eigenvalue weighted by Gasteiger charge is 2.30. The summed E-state index contributed by atoms with van der Waals surface area (Å²) in [4.78, 5) is 16.9. The monoisotopic (exact) mass is 307 g/mol. The van der Waals surface area contributed by atoms with Gasteiger partial charge in [-0.15, -0.1) is 11.3 Å². The Balaban J connectivity index is 1.72. The average molecular weight is 307 g/mol. The maximum absolute atomic E-state index is 12.7. The van der Waals surface area contributed by atoms with Crippen LogP contribution in [0.25, 0.3) is 0 Å². The molecule has 0 bridgehead atoms. The number of hydrogen-bond acceptors (Lipinski definition) is 3. The molecule has 1 amide bonds. The van der Waals surface area contributed by atoms with Gasteiger partial charge >= 0.3 is 0 Å². The van der Waals surface area contributed by atoms with Crippen molar-refractivity contribution in [1.82, 2.24) is 4.90 Å². The Kier molecular flexibility index (Phi) is 4.36. The zero-order valence-electron chi connectivity index (χ0n) is 12.9. The zero-order chi connectivity index (χ0) is 14.9. The first kappa shape index (κ1) is 15.0. The third-order valence-corrected chi connectivity index (χ3v) is 6.06. The molecule has 116 valence electrons. The van der Waals surface area contributed by atoms with Gasteiger partial charge in [0.05, 0.1) is 10.5 Å². The van der Waals surface area contributed by atoms with Gasteiger partial charge in [-0.1, -0.05) is 12.8 Å². The number of aryl methyl sites for hydroxylation is 2. The first-order chi connectivity index (χ1) is 10.1. The third kappa shape index (κ3) is 3.49. The van der Waals surface area contributed by atoms with Gasteiger partial charge < -0.3 is 10.0 Å². The van der Waals surface area contributed by atoms with Crippen LogP contribution in [0.3, 0.4) is 0 Å². The number of fused-ring (bicyclic) bond motifs is 1. The number of hydrogen-bond donors (Lipinski definition) is 1. The number of amides is 1. The van der Waals surface area contributed by atoms with Gasteiger partial charge in [0.25, 0.3) is 5.91 Å². The van der Waals surface area contributed by atoms with Crippen LogP contribution in [0, 0.1) is 0 Å². The number of thiophene rings is 1. The van der Waals surface area contributed by atoms with Crippen molar-refractivity contribution in [1.29, 1.82) is 0 Å². The molecule has 0 aromatic carbocycles. The summed E-state index contributed by atoms with van der Waals surface area (Å²) in [7, 11) is 0. The van der Waals surface area contributed by atoms with E-state index in [1.54, 1.807) is 11.3 Å². The Morgan fingerprint density at radius 3 is 2.57 bits per heavy atom. The lowest BCUT2D eigenvalue weighted by atomic mass is 9.94. The second kappa shape index (κ2) is 6.09. The van der Waals surface area contributed by atoms with E-state index in [4.69, 9.17) is 0 Å². The molecule has 1 fully saturated rings. The molecule has 0 unspecified atom stereocenters. The highest BCUT2D eigenvalue weighted by molar-refractivity contribution is 7.14. The minimum Gasteiger partial charge on any atom is -0.390 e. The zero-order valence-corrected chi connectivity index (χ0v) is 13.7. The molecule has 1 aromatic heterocycles. The van der Waals surface area contributed by atoms with Crippen LogP contribution in [0.4, 0.5) is 0 Å². The number of carbonyl (C=O) groups excluding carboxylic acids is 1. The van der Waals surface area contributed by atoms with Gasteiger partial charge in [0.1, 0.15) is 0 Å². The van der Waals surface area contributed by atoms with E-state index < -0.39 is 5.60 Å². The van der Waals surface area contributed by atoms with E-state index in [0.717, 1.165) is 17.7 Å². The molecule has 3 rings (SSSR count). The van der Waals surface area contributed by atoms with Crippen LogP contribution in [0.15, 0.2) is 6.07 Å². The summed E-state index contributed by atoms with van der Waals surface area (Å²) in [6, 6.07) is 2.14. The second-order valence-corrected chi connectivity index (χ2v) is 7.90. The van der Waals surface area contributed by atoms with Crippen LogP contribution >= 0.6 is 11.3 Å². The average Bonchev–Trinajstić information content (AvgIpc) is 2.80. The van der Waals surface area contributed by atoms with Gasteiger partial charge in [0, 0.05) is 18.0 Å². The van der Waals surface area contributed by atoms with Gasteiger partial charge in [0.2, 0.25) is 0 Å². The fourth-order valence-electron chi connectivity index (χ4n) is 3.30. The summed E-state index contributed by atoms with van der Waals surface area (Å²) in [5.74, 6) is 0.169. The summed E-state index contributed by atoms with van der Waals surface area (Å²) < 4.78 is 0. The van der Waals surface area contributed by atoms with Crippen LogP contribution in [0.5, 0.6) is 0 Å². The SMILES string of the molecule is CC1(O)CCN(C(=O)c2cc3c(s2)CCCCCC3)CC1. The van der Waals surface area contributed by atoms with E-state index in [9.17, 15) is 9.90 Å². The molecule has 2 aliphatic rings. The number of aliphatic hydroxyl groups is 1. The van der Waals surface area contributed by atoms with Gasteiger partial charge in [-0.25, -0.2) is 0 Å². The summed E-state index contributed by atoms with van der Waals surface area (Å²) in [5.41, 5.74) is 0.813. The molecule has 1 N–H and O–H groups in total. The van der Waals surface area contributed by atoms with E-state index in [-0.39, 0.29) is 5.91 Å². The van der Waals surface area contributed by atoms with Gasteiger partial charge in [0.15, 0.2) is 0 Å². The predicted molar refractivity (Wildman–Crippen MR) is 86.0 cm³/mol. The summed E-state index contributed by atoms with van der Waals surface area (Å²) in [6.07, 6.45) is 8.79. The topological polar surface area (TPSA) is 40.5 Å². The van der Waals surface area contributed by atoms with E-state index in [2.05, 4.69) is 6.07 Å². The Bertz CT molecular complexity index is 485. The van der Waals surface area contributed by atoms with Gasteiger partial charge in [-0.3, -0.25) is 4.79 Å². The molecule has 1 saturated heterocycles. The summed E-state index contributed by atoms with van der Waals surface area (Å²) >= 11 is 1.71. The van der Waals surface area contributed by atoms with Crippen LogP contribution in [0.2, 0.25) is 0 Å². The Labute approximate surface area is 131 Å². The first-order valence-electron chi connectivity index (χ1n) is 8.18. The molecule has 0 atom stereocenters. The van der Waals surface area contributed by atoms with Crippen molar-refractivity contribution >= 4 is 17.2 Å². The molecule has 1 aliphatic heterocycles. The molecule has 0 saturated carbocycles. The first-order valence-corrected chi connectivity index (χ1v) is 9.00. The normalized spacial score (nSPS) is 22.3. The van der Waals surface area contributed by atoms with Crippen molar-refractivity contribution in [3.05, 3.63) is 21.4 Å². The lowest BCUT2D eigenvalue weighted by Gasteiger charge is -2.35. The lowest BCUT2D eigenvalue weighted by molar-refractivity contribution is -0.00188. The van der Waals surface area contributed by atoms with Crippen molar-refractivity contribution in [2.75, 3.05) is 13.1 Å². The quantitative estimate of drug-likeness (QED) is 0.864. The highest BCUT2D eigenvalue weighted by atomic mass is 32.1. The Hall–Kier alpha value is -0.870. The number of rotatable bonds is 1. The van der Waals surface area contributed by atoms with E-state index in [1.807, 2.05) is 11.8 Å². The van der Waals surface area contributed by atoms with Crippen molar-refractivity contribution in [3.8, 4) is 0 Å². The smallest absolute Gasteiger partial charge is 0.263 e. The standard InChI is InChI=1S/C17H25NO2S/c1-17(20)8-10-18(11-9-17)16(19)15-12-13-6-4-2-3-5-7-14(13)21-15/h12,20H,2-11H2,1H3. The second-order valence-electron chi connectivity index (χ2n) is 6.76. The van der Waals surface area contributed by atoms with Crippen LogP contribution in [-0.2, 0) is 12.8 Å². The van der Waals surface area contributed by atoms with Crippen LogP contribution in [0.1, 0.15) is 65.6 Å². The maximum Gasteiger partial charge on any atom is 0.263 e. The molecule has 2 heterocycles. The largest absolute Gasteiger partial charge is 0.390 e. The van der Waals surface area contributed by atoms with E-state index >= 15 is 0 Å². The molecular formula is C17H25NO2S. The minimum atomic E-state index is -0.596. The van der Waals surface area contributed by atoms with Crippen molar-refractivity contribution in [3.63, 3.8) is 0 Å². The molecule has 4 heteroatoms. The fourth-order valence-corrected chi connectivity index (χ4v) is 4.52. The molecule has 0 spiro atoms. The fraction of sp³-hybridized carbons (Fsp3) is 0.706. The molecular weight excluding hydrogens is 282 g/mol. The van der Waals surface area contributed by atoms with E-state index in [1.165, 1.54) is 36.1 Å². The van der Waals surface area contributed by atoms with Crippen molar-refractivity contribution in [2.24, 2.45) is 0 Å². The number of nitrogens with zero attached hydrogens (tertiary/aromatic N) is 1. The molecule has 21 heavy (non-hydrogen) atoms. The summed E-state index contributed by atoms with van der Waals surface area (Å²) in [5, 5.41) is 10.0. The maximum atomic E-state index is 12.7. The van der Waals surface area contributed by atoms with Crippen LogP contribution < -0.4 is 0 Å². The molecule has 3 nitrogen and oxygen atoms in total. The lowest BCUT2D eigenvalue weighted by Crippen LogP contribution is -2.44. The Morgan fingerprint density at radius 1 is 1.19 bits per heavy atom. The molecule has 1 aliphatic carbocycles. The minimum absolute atomic E-state index is 0.169. The van der Waals surface area contributed by atoms with Gasteiger partial charge in [-0.05, 0) is 57.1 Å². The molecule has 1 aromatic rings.